The SMILES string of the molecule is Nc1c(N=Nc2ccc(-c3ccsc3)nc2)cc(S(=O)(=O)O)c2ccccc12.[NaH]. The number of hydrogen-bond acceptors (Lipinski definition) is 7. The average molecular weight is 434 g/mol. The molecule has 4 aromatic rings. The zero-order valence-corrected chi connectivity index (χ0v) is 16.0. The van der Waals surface area contributed by atoms with Crippen molar-refractivity contribution in [2.45, 2.75) is 4.90 Å². The normalized spacial score (nSPS) is 11.6. The number of aromatic nitrogens is 1. The van der Waals surface area contributed by atoms with Crippen molar-refractivity contribution in [1.82, 2.24) is 4.98 Å². The summed E-state index contributed by atoms with van der Waals surface area (Å²) >= 11 is 1.59. The fourth-order valence-electron chi connectivity index (χ4n) is 2.78. The van der Waals surface area contributed by atoms with Crippen LogP contribution in [0.15, 0.2) is 80.6 Å². The molecule has 2 aromatic heterocycles. The van der Waals surface area contributed by atoms with E-state index in [-0.39, 0.29) is 45.8 Å². The molecule has 0 atom stereocenters. The topological polar surface area (TPSA) is 118 Å². The number of pyridine rings is 1. The molecule has 0 saturated carbocycles. The third kappa shape index (κ3) is 4.55. The first-order chi connectivity index (χ1) is 13.4. The second kappa shape index (κ2) is 8.70. The van der Waals surface area contributed by atoms with Gasteiger partial charge in [-0.25, -0.2) is 0 Å². The number of hydrogen-bond donors (Lipinski definition) is 2. The third-order valence-corrected chi connectivity index (χ3v) is 5.72. The Balaban J connectivity index is 0.00000240. The minimum absolute atomic E-state index is 0. The summed E-state index contributed by atoms with van der Waals surface area (Å²) in [5.41, 5.74) is 8.88. The van der Waals surface area contributed by atoms with Gasteiger partial charge in [-0.15, -0.1) is 10.2 Å². The van der Waals surface area contributed by atoms with Crippen LogP contribution in [0.3, 0.4) is 0 Å². The van der Waals surface area contributed by atoms with Crippen LogP contribution in [0.25, 0.3) is 22.0 Å². The monoisotopic (exact) mass is 434 g/mol. The van der Waals surface area contributed by atoms with Crippen molar-refractivity contribution in [3.63, 3.8) is 0 Å². The van der Waals surface area contributed by atoms with Crippen molar-refractivity contribution in [1.29, 1.82) is 0 Å². The van der Waals surface area contributed by atoms with Crippen molar-refractivity contribution in [3.8, 4) is 11.3 Å². The molecule has 142 valence electrons. The summed E-state index contributed by atoms with van der Waals surface area (Å²) in [7, 11) is -4.45. The fraction of sp³-hybridized carbons (Fsp3) is 0. The summed E-state index contributed by atoms with van der Waals surface area (Å²) in [5, 5.41) is 12.9. The summed E-state index contributed by atoms with van der Waals surface area (Å²) in [4.78, 5) is 4.08. The van der Waals surface area contributed by atoms with Gasteiger partial charge in [0.2, 0.25) is 0 Å². The van der Waals surface area contributed by atoms with E-state index in [9.17, 15) is 13.0 Å². The number of anilines is 1. The van der Waals surface area contributed by atoms with E-state index < -0.39 is 10.1 Å². The summed E-state index contributed by atoms with van der Waals surface area (Å²) in [6.07, 6.45) is 1.57. The Bertz CT molecular complexity index is 1290. The zero-order valence-electron chi connectivity index (χ0n) is 14.4. The molecule has 0 unspecified atom stereocenters. The molecule has 0 aliphatic carbocycles. The van der Waals surface area contributed by atoms with Gasteiger partial charge in [0.05, 0.1) is 17.6 Å². The maximum absolute atomic E-state index is 11.8. The molecule has 0 spiro atoms. The fourth-order valence-corrected chi connectivity index (χ4v) is 4.15. The molecule has 0 fully saturated rings. The van der Waals surface area contributed by atoms with Crippen molar-refractivity contribution < 1.29 is 13.0 Å². The van der Waals surface area contributed by atoms with Crippen LogP contribution in [0.1, 0.15) is 0 Å². The number of benzene rings is 2. The number of nitrogens with two attached hydrogens (primary N) is 1. The van der Waals surface area contributed by atoms with Crippen molar-refractivity contribution in [3.05, 3.63) is 65.5 Å². The van der Waals surface area contributed by atoms with Crippen LogP contribution < -0.4 is 5.73 Å². The Morgan fingerprint density at radius 3 is 2.41 bits per heavy atom. The number of thiophene rings is 1. The second-order valence-electron chi connectivity index (χ2n) is 5.94. The molecule has 4 rings (SSSR count). The Hall–Kier alpha value is -2.14. The van der Waals surface area contributed by atoms with Crippen LogP contribution in [-0.2, 0) is 10.1 Å². The van der Waals surface area contributed by atoms with E-state index in [1.807, 2.05) is 22.9 Å². The van der Waals surface area contributed by atoms with Gasteiger partial charge < -0.3 is 5.73 Å². The first-order valence-electron chi connectivity index (χ1n) is 8.12. The quantitative estimate of drug-likeness (QED) is 0.211. The Morgan fingerprint density at radius 1 is 1.03 bits per heavy atom. The van der Waals surface area contributed by atoms with E-state index in [1.165, 1.54) is 6.07 Å². The van der Waals surface area contributed by atoms with Crippen LogP contribution in [0.4, 0.5) is 17.1 Å². The first-order valence-corrected chi connectivity index (χ1v) is 10.5. The Morgan fingerprint density at radius 2 is 1.79 bits per heavy atom. The van der Waals surface area contributed by atoms with Crippen LogP contribution in [0.5, 0.6) is 0 Å². The van der Waals surface area contributed by atoms with Crippen LogP contribution >= 0.6 is 11.3 Å². The standard InChI is InChI=1S/C19H14N4O3S2.Na.H/c20-19-15-4-2-1-3-14(15)18(28(24,25)26)9-17(19)23-22-13-5-6-16(21-10-13)12-7-8-27-11-12;;/h1-11H,20H2,(H,24,25,26);;. The summed E-state index contributed by atoms with van der Waals surface area (Å²) in [6.45, 7) is 0. The first kappa shape index (κ1) is 21.6. The molecule has 0 saturated heterocycles. The second-order valence-corrected chi connectivity index (χ2v) is 8.11. The molecule has 2 heterocycles. The van der Waals surface area contributed by atoms with Gasteiger partial charge in [0.25, 0.3) is 10.1 Å². The van der Waals surface area contributed by atoms with Crippen molar-refractivity contribution >= 4 is 78.8 Å². The number of azo groups is 1. The van der Waals surface area contributed by atoms with E-state index in [0.717, 1.165) is 11.3 Å². The molecule has 10 heteroatoms. The molecule has 0 radical (unpaired) electrons. The van der Waals surface area contributed by atoms with Gasteiger partial charge in [0.1, 0.15) is 16.3 Å². The number of fused-ring (bicyclic) bond motifs is 1. The van der Waals surface area contributed by atoms with Gasteiger partial charge in [-0.3, -0.25) is 9.54 Å². The molecular weight excluding hydrogens is 419 g/mol. The van der Waals surface area contributed by atoms with E-state index in [4.69, 9.17) is 5.73 Å². The molecule has 0 aliphatic heterocycles. The van der Waals surface area contributed by atoms with Gasteiger partial charge in [-0.05, 0) is 29.6 Å². The van der Waals surface area contributed by atoms with Gasteiger partial charge in [-0.1, -0.05) is 24.3 Å². The molecule has 3 N–H and O–H groups in total. The van der Waals surface area contributed by atoms with Crippen LogP contribution in [0, 0.1) is 0 Å². The Kier molecular flexibility index (Phi) is 6.47. The van der Waals surface area contributed by atoms with E-state index in [1.54, 1.807) is 47.9 Å². The number of rotatable bonds is 4. The molecule has 29 heavy (non-hydrogen) atoms. The van der Waals surface area contributed by atoms with Gasteiger partial charge >= 0.3 is 29.6 Å². The molecular formula is C19H15N4NaO3S2. The molecule has 7 nitrogen and oxygen atoms in total. The predicted octanol–water partition coefficient (Wildman–Crippen LogP) is 4.56. The van der Waals surface area contributed by atoms with Gasteiger partial charge in [0, 0.05) is 21.7 Å². The number of nitrogen functional groups attached to an aromatic ring is 1. The molecule has 0 amide bonds. The third-order valence-electron chi connectivity index (χ3n) is 4.14. The van der Waals surface area contributed by atoms with E-state index in [0.29, 0.717) is 16.5 Å². The minimum atomic E-state index is -4.45. The van der Waals surface area contributed by atoms with Crippen LogP contribution in [0.2, 0.25) is 0 Å². The summed E-state index contributed by atoms with van der Waals surface area (Å²) in [6, 6.07) is 13.4. The maximum atomic E-state index is 11.8. The average Bonchev–Trinajstić information content (AvgIpc) is 3.22. The van der Waals surface area contributed by atoms with E-state index >= 15 is 0 Å². The van der Waals surface area contributed by atoms with Crippen LogP contribution in [-0.4, -0.2) is 47.5 Å². The number of nitrogens with zero attached hydrogens (tertiary/aromatic N) is 3. The predicted molar refractivity (Wildman–Crippen MR) is 117 cm³/mol. The van der Waals surface area contributed by atoms with Crippen molar-refractivity contribution in [2.24, 2.45) is 10.2 Å². The zero-order chi connectivity index (χ0) is 19.7. The molecule has 0 bridgehead atoms. The molecule has 2 aromatic carbocycles. The summed E-state index contributed by atoms with van der Waals surface area (Å²) < 4.78 is 33.1. The van der Waals surface area contributed by atoms with E-state index in [2.05, 4.69) is 15.2 Å². The Labute approximate surface area is 193 Å². The van der Waals surface area contributed by atoms with Gasteiger partial charge in [0.15, 0.2) is 0 Å². The van der Waals surface area contributed by atoms with Crippen molar-refractivity contribution in [2.75, 3.05) is 5.73 Å². The van der Waals surface area contributed by atoms with Gasteiger partial charge in [-0.2, -0.15) is 19.8 Å². The molecule has 0 aliphatic rings. The summed E-state index contributed by atoms with van der Waals surface area (Å²) in [5.74, 6) is 0.